The molecule has 0 bridgehead atoms. The van der Waals surface area contributed by atoms with Crippen LogP contribution in [0.25, 0.3) is 5.82 Å². The molecule has 0 radical (unpaired) electrons. The molecule has 0 saturated carbocycles. The van der Waals surface area contributed by atoms with Gasteiger partial charge in [-0.05, 0) is 61.0 Å². The molecule has 0 N–H and O–H groups in total. The average Bonchev–Trinajstić information content (AvgIpc) is 3.65. The Kier molecular flexibility index (Phi) is 10.1. The van der Waals surface area contributed by atoms with Gasteiger partial charge in [0.05, 0.1) is 17.2 Å². The molecule has 4 aromatic heterocycles. The summed E-state index contributed by atoms with van der Waals surface area (Å²) >= 11 is 0. The van der Waals surface area contributed by atoms with Gasteiger partial charge in [-0.15, -0.1) is 18.2 Å². The van der Waals surface area contributed by atoms with E-state index in [2.05, 4.69) is 68.3 Å². The topological polar surface area (TPSA) is 63.0 Å². The predicted molar refractivity (Wildman–Crippen MR) is 190 cm³/mol. The van der Waals surface area contributed by atoms with E-state index in [9.17, 15) is 0 Å². The molecule has 0 saturated heterocycles. The van der Waals surface area contributed by atoms with Crippen molar-refractivity contribution in [3.05, 3.63) is 181 Å². The zero-order valence-electron chi connectivity index (χ0n) is 27.4. The van der Waals surface area contributed by atoms with Crippen LogP contribution in [0.2, 0.25) is 0 Å². The van der Waals surface area contributed by atoms with Gasteiger partial charge in [-0.3, -0.25) is 10.1 Å². The van der Waals surface area contributed by atoms with Gasteiger partial charge in [-0.2, -0.15) is 48.5 Å². The zero-order chi connectivity index (χ0) is 32.9. The van der Waals surface area contributed by atoms with Crippen molar-refractivity contribution in [3.8, 4) is 5.82 Å². The Morgan fingerprint density at radius 3 is 1.98 bits per heavy atom. The van der Waals surface area contributed by atoms with Gasteiger partial charge in [0, 0.05) is 11.9 Å². The monoisotopic (exact) mass is 817 g/mol. The molecular weight excluding hydrogens is 783 g/mol. The van der Waals surface area contributed by atoms with Crippen molar-refractivity contribution >= 4 is 28.7 Å². The van der Waals surface area contributed by atoms with E-state index in [4.69, 9.17) is 20.1 Å². The van der Waals surface area contributed by atoms with Gasteiger partial charge in [-0.25, -0.2) is 9.97 Å². The van der Waals surface area contributed by atoms with Gasteiger partial charge >= 0.3 is 20.1 Å². The molecule has 1 unspecified atom stereocenters. The third kappa shape index (κ3) is 6.79. The predicted octanol–water partition coefficient (Wildman–Crippen LogP) is 9.15. The maximum absolute atomic E-state index is 5.42. The number of hydrogen-bond acceptors (Lipinski definition) is 6. The van der Waals surface area contributed by atoms with E-state index < -0.39 is 5.54 Å². The van der Waals surface area contributed by atoms with Gasteiger partial charge in [0.1, 0.15) is 17.2 Å². The molecule has 242 valence electrons. The number of rotatable bonds is 10. The average molecular weight is 817 g/mol. The van der Waals surface area contributed by atoms with E-state index in [-0.39, 0.29) is 26.0 Å². The second kappa shape index (κ2) is 14.8. The Morgan fingerprint density at radius 1 is 0.673 bits per heavy atom. The molecule has 7 nitrogen and oxygen atoms in total. The number of aromatic nitrogens is 5. The second-order valence-electron chi connectivity index (χ2n) is 11.8. The molecule has 7 rings (SSSR count). The summed E-state index contributed by atoms with van der Waals surface area (Å²) in [6.07, 6.45) is 5.05. The summed E-state index contributed by atoms with van der Waals surface area (Å²) in [5.74, 6) is 2.37. The Bertz CT molecular complexity index is 2010. The first kappa shape index (κ1) is 33.5. The van der Waals surface area contributed by atoms with Crippen LogP contribution >= 0.6 is 0 Å². The van der Waals surface area contributed by atoms with E-state index in [1.807, 2.05) is 120 Å². The van der Waals surface area contributed by atoms with Crippen LogP contribution in [-0.4, -0.2) is 24.7 Å². The van der Waals surface area contributed by atoms with Crippen LogP contribution in [0.15, 0.2) is 146 Å². The first-order valence-electron chi connectivity index (χ1n) is 16.0. The van der Waals surface area contributed by atoms with Crippen LogP contribution < -0.4 is 9.80 Å². The molecule has 4 heterocycles. The summed E-state index contributed by atoms with van der Waals surface area (Å²) in [6.45, 7) is 6.40. The Balaban J connectivity index is 0.00000417. The van der Waals surface area contributed by atoms with Crippen molar-refractivity contribution in [2.75, 3.05) is 9.80 Å². The summed E-state index contributed by atoms with van der Waals surface area (Å²) in [6, 6.07) is 52.9. The van der Waals surface area contributed by atoms with Gasteiger partial charge in [0.25, 0.3) is 0 Å². The summed E-state index contributed by atoms with van der Waals surface area (Å²) in [4.78, 5) is 19.6. The van der Waals surface area contributed by atoms with E-state index in [0.29, 0.717) is 11.6 Å². The number of para-hydroxylation sites is 3. The quantitative estimate of drug-likeness (QED) is 0.129. The van der Waals surface area contributed by atoms with Crippen molar-refractivity contribution in [3.63, 3.8) is 0 Å². The summed E-state index contributed by atoms with van der Waals surface area (Å²) in [5, 5.41) is 4.79. The van der Waals surface area contributed by atoms with Crippen LogP contribution in [-0.2, 0) is 25.6 Å². The Labute approximate surface area is 301 Å². The smallest absolute Gasteiger partial charge is 0.348 e. The number of hydrogen-bond donors (Lipinski definition) is 0. The maximum Gasteiger partial charge on any atom is 3.00 e. The molecule has 0 aliphatic heterocycles. The number of nitrogens with zero attached hydrogens (tertiary/aromatic N) is 7. The fraction of sp³-hybridized carbons (Fsp3) is 0.122. The fourth-order valence-electron chi connectivity index (χ4n) is 5.80. The molecule has 1 atom stereocenters. The van der Waals surface area contributed by atoms with Crippen LogP contribution in [0, 0.1) is 18.3 Å². The third-order valence-electron chi connectivity index (χ3n) is 8.26. The fourth-order valence-corrected chi connectivity index (χ4v) is 5.80. The summed E-state index contributed by atoms with van der Waals surface area (Å²) in [5.41, 5.74) is 4.23. The normalized spacial score (nSPS) is 12.2. The standard InChI is InChI=1S/C41H34N7.Ir/c1-31(2)35-28-30-46(45-35)39-26-15-23-36(43-39)41(3,48(33-19-9-5-10-20-33)34-21-11-6-12-22-34)37-24-16-27-40(44-37)47(32-17-7-4-8-18-32)38-25-13-14-29-42-38;/h4-17,19-21,23-29,31H,1-3H3;/q-3;+3. The Morgan fingerprint density at radius 2 is 1.33 bits per heavy atom. The number of pyridine rings is 3. The molecule has 49 heavy (non-hydrogen) atoms. The van der Waals surface area contributed by atoms with E-state index >= 15 is 0 Å². The zero-order valence-corrected chi connectivity index (χ0v) is 29.8. The second-order valence-corrected chi connectivity index (χ2v) is 11.8. The molecule has 0 aliphatic rings. The Hall–Kier alpha value is -5.43. The molecule has 0 spiro atoms. The van der Waals surface area contributed by atoms with E-state index in [1.54, 1.807) is 10.9 Å². The number of anilines is 5. The molecule has 0 aliphatic carbocycles. The first-order valence-corrected chi connectivity index (χ1v) is 16.0. The molecule has 7 aromatic rings. The van der Waals surface area contributed by atoms with Crippen LogP contribution in [0.5, 0.6) is 0 Å². The maximum atomic E-state index is 5.42. The van der Waals surface area contributed by atoms with Crippen LogP contribution in [0.1, 0.15) is 43.8 Å². The third-order valence-corrected chi connectivity index (χ3v) is 8.26. The minimum atomic E-state index is -0.935. The minimum absolute atomic E-state index is 0. The van der Waals surface area contributed by atoms with Gasteiger partial charge in [0.15, 0.2) is 0 Å². The van der Waals surface area contributed by atoms with Gasteiger partial charge < -0.3 is 14.5 Å². The van der Waals surface area contributed by atoms with Gasteiger partial charge in [-0.1, -0.05) is 73.9 Å². The summed E-state index contributed by atoms with van der Waals surface area (Å²) in [7, 11) is 0. The molecule has 3 aromatic carbocycles. The van der Waals surface area contributed by atoms with Crippen molar-refractivity contribution < 1.29 is 20.1 Å². The minimum Gasteiger partial charge on any atom is -0.348 e. The largest absolute Gasteiger partial charge is 3.00 e. The SMILES string of the molecule is CC(C)c1c[c-]n(-c2cccc(C(C)(c3cccc(N(c4[c-]cccc4)c4ccccn4)n3)N(c3[c-]cccc3)c3ccccc3)n2)n1.[Ir+3]. The van der Waals surface area contributed by atoms with Crippen LogP contribution in [0.4, 0.5) is 28.7 Å². The molecule has 8 heteroatoms. The summed E-state index contributed by atoms with van der Waals surface area (Å²) < 4.78 is 1.72. The first-order chi connectivity index (χ1) is 23.5. The van der Waals surface area contributed by atoms with Crippen molar-refractivity contribution in [2.24, 2.45) is 0 Å². The van der Waals surface area contributed by atoms with Crippen molar-refractivity contribution in [2.45, 2.75) is 32.2 Å². The number of benzene rings is 3. The van der Waals surface area contributed by atoms with Crippen molar-refractivity contribution in [1.82, 2.24) is 24.7 Å². The molecular formula is C41H34IrN7. The van der Waals surface area contributed by atoms with E-state index in [1.165, 1.54) is 0 Å². The van der Waals surface area contributed by atoms with E-state index in [0.717, 1.165) is 40.0 Å². The van der Waals surface area contributed by atoms with Gasteiger partial charge in [0.2, 0.25) is 0 Å². The molecule has 0 fully saturated rings. The molecule has 0 amide bonds. The van der Waals surface area contributed by atoms with Crippen LogP contribution in [0.3, 0.4) is 0 Å². The van der Waals surface area contributed by atoms with Crippen molar-refractivity contribution in [1.29, 1.82) is 0 Å².